The molecular formula is C21H22FN3. The molecule has 3 aromatic rings. The van der Waals surface area contributed by atoms with E-state index in [4.69, 9.17) is 4.99 Å². The third-order valence-electron chi connectivity index (χ3n) is 5.77. The zero-order valence-corrected chi connectivity index (χ0v) is 15.3. The van der Waals surface area contributed by atoms with E-state index in [9.17, 15) is 4.39 Å². The molecule has 0 amide bonds. The zero-order chi connectivity index (χ0) is 18.0. The molecule has 0 spiro atoms. The molecule has 1 aliphatic heterocycles. The molecule has 0 N–H and O–H groups in total. The molecule has 1 aliphatic rings. The van der Waals surface area contributed by atoms with Crippen molar-refractivity contribution in [3.05, 3.63) is 70.8 Å². The van der Waals surface area contributed by atoms with Gasteiger partial charge in [-0.1, -0.05) is 32.0 Å². The van der Waals surface area contributed by atoms with Gasteiger partial charge in [0.1, 0.15) is 5.82 Å². The number of aliphatic imine (C=N–C) groups is 1. The molecule has 0 radical (unpaired) electrons. The summed E-state index contributed by atoms with van der Waals surface area (Å²) in [5.74, 6) is -0.169. The molecule has 0 saturated heterocycles. The lowest BCUT2D eigenvalue weighted by molar-refractivity contribution is 0.293. The molecule has 128 valence electrons. The van der Waals surface area contributed by atoms with Crippen LogP contribution in [-0.2, 0) is 5.41 Å². The summed E-state index contributed by atoms with van der Waals surface area (Å²) in [5, 5.41) is 4.61. The van der Waals surface area contributed by atoms with Crippen LogP contribution in [0, 0.1) is 12.7 Å². The topological polar surface area (TPSA) is 29.7 Å². The summed E-state index contributed by atoms with van der Waals surface area (Å²) < 4.78 is 16.7. The fourth-order valence-electron chi connectivity index (χ4n) is 3.74. The van der Waals surface area contributed by atoms with Gasteiger partial charge in [-0.05, 0) is 39.0 Å². The Morgan fingerprint density at radius 1 is 1.00 bits per heavy atom. The highest BCUT2D eigenvalue weighted by Gasteiger charge is 2.46. The fraction of sp³-hybridized carbons (Fsp3) is 0.333. The smallest absolute Gasteiger partial charge is 0.127 e. The van der Waals surface area contributed by atoms with Crippen molar-refractivity contribution >= 4 is 11.2 Å². The molecule has 0 saturated carbocycles. The average molecular weight is 335 g/mol. The minimum Gasteiger partial charge on any atom is -0.277 e. The molecular weight excluding hydrogens is 313 g/mol. The molecule has 0 fully saturated rings. The highest BCUT2D eigenvalue weighted by atomic mass is 19.1. The van der Waals surface area contributed by atoms with Crippen LogP contribution in [0.2, 0.25) is 0 Å². The highest BCUT2D eigenvalue weighted by Crippen LogP contribution is 2.45. The summed E-state index contributed by atoms with van der Waals surface area (Å²) >= 11 is 0. The van der Waals surface area contributed by atoms with Gasteiger partial charge in [-0.15, -0.1) is 0 Å². The summed E-state index contributed by atoms with van der Waals surface area (Å²) in [6.07, 6.45) is 1.93. The van der Waals surface area contributed by atoms with E-state index in [1.165, 1.54) is 0 Å². The third kappa shape index (κ3) is 2.10. The quantitative estimate of drug-likeness (QED) is 0.634. The van der Waals surface area contributed by atoms with Gasteiger partial charge in [-0.3, -0.25) is 4.99 Å². The Morgan fingerprint density at radius 2 is 1.76 bits per heavy atom. The predicted octanol–water partition coefficient (Wildman–Crippen LogP) is 4.69. The van der Waals surface area contributed by atoms with Crippen molar-refractivity contribution in [2.45, 2.75) is 45.6 Å². The fourth-order valence-corrected chi connectivity index (χ4v) is 3.74. The lowest BCUT2D eigenvalue weighted by Gasteiger charge is -2.44. The summed E-state index contributed by atoms with van der Waals surface area (Å²) in [6, 6.07) is 11.3. The number of hydrogen-bond donors (Lipinski definition) is 0. The van der Waals surface area contributed by atoms with Crippen molar-refractivity contribution in [2.75, 3.05) is 0 Å². The minimum atomic E-state index is -0.437. The normalized spacial score (nSPS) is 18.1. The zero-order valence-electron chi connectivity index (χ0n) is 15.3. The first-order valence-corrected chi connectivity index (χ1v) is 8.57. The monoisotopic (exact) mass is 335 g/mol. The van der Waals surface area contributed by atoms with Gasteiger partial charge in [0.15, 0.2) is 0 Å². The molecule has 0 aliphatic carbocycles. The second-order valence-corrected chi connectivity index (χ2v) is 7.80. The second-order valence-electron chi connectivity index (χ2n) is 7.80. The van der Waals surface area contributed by atoms with Crippen molar-refractivity contribution in [1.82, 2.24) is 9.61 Å². The van der Waals surface area contributed by atoms with E-state index in [0.29, 0.717) is 0 Å². The van der Waals surface area contributed by atoms with E-state index in [1.54, 1.807) is 12.1 Å². The number of pyridine rings is 1. The minimum absolute atomic E-state index is 0.169. The van der Waals surface area contributed by atoms with Gasteiger partial charge in [0.2, 0.25) is 0 Å². The number of fused-ring (bicyclic) bond motifs is 2. The van der Waals surface area contributed by atoms with Gasteiger partial charge < -0.3 is 0 Å². The molecule has 0 unspecified atom stereocenters. The second kappa shape index (κ2) is 5.01. The van der Waals surface area contributed by atoms with E-state index in [1.807, 2.05) is 41.9 Å². The van der Waals surface area contributed by atoms with Gasteiger partial charge in [0.05, 0.1) is 22.5 Å². The first-order chi connectivity index (χ1) is 11.7. The number of rotatable bonds is 1. The third-order valence-corrected chi connectivity index (χ3v) is 5.77. The Kier molecular flexibility index (Phi) is 3.21. The Labute approximate surface area is 147 Å². The molecule has 4 rings (SSSR count). The van der Waals surface area contributed by atoms with Gasteiger partial charge in [0, 0.05) is 28.3 Å². The van der Waals surface area contributed by atoms with Crippen molar-refractivity contribution in [2.24, 2.45) is 4.99 Å². The molecule has 0 bridgehead atoms. The van der Waals surface area contributed by atoms with Crippen LogP contribution in [0.4, 0.5) is 4.39 Å². The van der Waals surface area contributed by atoms with Crippen LogP contribution in [0.1, 0.15) is 50.1 Å². The van der Waals surface area contributed by atoms with E-state index in [-0.39, 0.29) is 5.82 Å². The summed E-state index contributed by atoms with van der Waals surface area (Å²) in [4.78, 5) is 5.10. The van der Waals surface area contributed by atoms with Crippen LogP contribution in [0.5, 0.6) is 0 Å². The van der Waals surface area contributed by atoms with Crippen LogP contribution in [0.15, 0.2) is 47.6 Å². The lowest BCUT2D eigenvalue weighted by atomic mass is 9.65. The SMILES string of the molecule is Cc1nn2ccccc2c1C1=NC(C)(C)C(C)(C)c2c(F)cccc21. The van der Waals surface area contributed by atoms with Gasteiger partial charge in [-0.25, -0.2) is 8.91 Å². The van der Waals surface area contributed by atoms with Gasteiger partial charge >= 0.3 is 0 Å². The maximum atomic E-state index is 14.9. The maximum absolute atomic E-state index is 14.9. The number of hydrogen-bond acceptors (Lipinski definition) is 2. The Hall–Kier alpha value is -2.49. The van der Waals surface area contributed by atoms with Crippen molar-refractivity contribution in [3.63, 3.8) is 0 Å². The first kappa shape index (κ1) is 16.0. The van der Waals surface area contributed by atoms with Crippen molar-refractivity contribution in [1.29, 1.82) is 0 Å². The molecule has 3 nitrogen and oxygen atoms in total. The van der Waals surface area contributed by atoms with Crippen molar-refractivity contribution < 1.29 is 4.39 Å². The van der Waals surface area contributed by atoms with E-state index in [0.717, 1.165) is 33.6 Å². The van der Waals surface area contributed by atoms with E-state index >= 15 is 0 Å². The van der Waals surface area contributed by atoms with Crippen LogP contribution < -0.4 is 0 Å². The maximum Gasteiger partial charge on any atom is 0.127 e. The van der Waals surface area contributed by atoms with Crippen LogP contribution in [0.25, 0.3) is 5.52 Å². The largest absolute Gasteiger partial charge is 0.277 e. The van der Waals surface area contributed by atoms with Crippen LogP contribution in [0.3, 0.4) is 0 Å². The Bertz CT molecular complexity index is 1020. The number of benzene rings is 1. The molecule has 25 heavy (non-hydrogen) atoms. The Morgan fingerprint density at radius 3 is 2.52 bits per heavy atom. The summed E-state index contributed by atoms with van der Waals surface area (Å²) in [7, 11) is 0. The molecule has 4 heteroatoms. The highest BCUT2D eigenvalue weighted by molar-refractivity contribution is 6.19. The van der Waals surface area contributed by atoms with Crippen LogP contribution >= 0.6 is 0 Å². The summed E-state index contributed by atoms with van der Waals surface area (Å²) in [5.41, 5.74) is 4.46. The van der Waals surface area contributed by atoms with E-state index in [2.05, 4.69) is 32.8 Å². The molecule has 2 aromatic heterocycles. The average Bonchev–Trinajstić information content (AvgIpc) is 2.87. The number of nitrogens with zero attached hydrogens (tertiary/aromatic N) is 3. The first-order valence-electron chi connectivity index (χ1n) is 8.57. The number of aromatic nitrogens is 2. The molecule has 3 heterocycles. The van der Waals surface area contributed by atoms with E-state index < -0.39 is 11.0 Å². The summed E-state index contributed by atoms with van der Waals surface area (Å²) in [6.45, 7) is 10.3. The predicted molar refractivity (Wildman–Crippen MR) is 99.1 cm³/mol. The van der Waals surface area contributed by atoms with Crippen LogP contribution in [-0.4, -0.2) is 20.9 Å². The van der Waals surface area contributed by atoms with Gasteiger partial charge in [0.25, 0.3) is 0 Å². The van der Waals surface area contributed by atoms with Crippen molar-refractivity contribution in [3.8, 4) is 0 Å². The number of aryl methyl sites for hydroxylation is 1. The number of halogens is 1. The van der Waals surface area contributed by atoms with Gasteiger partial charge in [-0.2, -0.15) is 5.10 Å². The molecule has 1 aromatic carbocycles. The molecule has 0 atom stereocenters. The lowest BCUT2D eigenvalue weighted by Crippen LogP contribution is -2.46. The Balaban J connectivity index is 2.11. The standard InChI is InChI=1S/C21H22FN3/c1-13-17(16-11-6-7-12-25(16)24-13)19-14-9-8-10-15(22)18(14)20(2,3)21(4,5)23-19/h6-12H,1-5H3.